The van der Waals surface area contributed by atoms with E-state index in [9.17, 15) is 8.42 Å². The predicted octanol–water partition coefficient (Wildman–Crippen LogP) is 1.41. The fourth-order valence-electron chi connectivity index (χ4n) is 1.68. The molecule has 0 saturated heterocycles. The number of benzene rings is 1. The van der Waals surface area contributed by atoms with Crippen molar-refractivity contribution in [2.75, 3.05) is 33.6 Å². The number of hydrogen-bond acceptors (Lipinski definition) is 4. The summed E-state index contributed by atoms with van der Waals surface area (Å²) in [4.78, 5) is 4.44. The van der Waals surface area contributed by atoms with Crippen molar-refractivity contribution in [3.05, 3.63) is 29.8 Å². The number of rotatable bonds is 7. The van der Waals surface area contributed by atoms with Gasteiger partial charge >= 0.3 is 0 Å². The Hall–Kier alpha value is -0.870. The molecule has 0 aliphatic heterocycles. The van der Waals surface area contributed by atoms with E-state index in [1.165, 1.54) is 6.26 Å². The molecule has 1 aromatic carbocycles. The maximum Gasteiger partial charge on any atom is 0.191 e. The van der Waals surface area contributed by atoms with Crippen LogP contribution in [0.2, 0.25) is 0 Å². The van der Waals surface area contributed by atoms with Crippen LogP contribution < -0.4 is 10.6 Å². The number of guanidine groups is 1. The first-order chi connectivity index (χ1) is 9.97. The normalized spacial score (nSPS) is 11.7. The van der Waals surface area contributed by atoms with Crippen molar-refractivity contribution in [2.45, 2.75) is 17.9 Å². The first-order valence-corrected chi connectivity index (χ1v) is 8.59. The predicted molar refractivity (Wildman–Crippen MR) is 99.7 cm³/mol. The molecule has 0 heterocycles. The van der Waals surface area contributed by atoms with E-state index < -0.39 is 9.84 Å². The molecule has 0 saturated carbocycles. The van der Waals surface area contributed by atoms with Gasteiger partial charge < -0.3 is 15.4 Å². The zero-order valence-corrected chi connectivity index (χ0v) is 16.3. The fourth-order valence-corrected chi connectivity index (χ4v) is 2.31. The molecule has 0 amide bonds. The van der Waals surface area contributed by atoms with Crippen molar-refractivity contribution in [1.29, 1.82) is 0 Å². The highest BCUT2D eigenvalue weighted by Gasteiger charge is 2.06. The number of aliphatic imine (C=N–C) groups is 1. The average Bonchev–Trinajstić information content (AvgIpc) is 2.46. The average molecular weight is 441 g/mol. The molecule has 0 aliphatic rings. The largest absolute Gasteiger partial charge is 0.385 e. The molecule has 8 heteroatoms. The number of nitrogens with one attached hydrogen (secondary N) is 2. The molecule has 0 radical (unpaired) electrons. The third kappa shape index (κ3) is 7.95. The Morgan fingerprint density at radius 1 is 1.23 bits per heavy atom. The van der Waals surface area contributed by atoms with Crippen LogP contribution in [0.15, 0.2) is 34.2 Å². The Morgan fingerprint density at radius 2 is 1.86 bits per heavy atom. The summed E-state index contributed by atoms with van der Waals surface area (Å²) in [6.07, 6.45) is 2.10. The van der Waals surface area contributed by atoms with Crippen LogP contribution in [0.4, 0.5) is 0 Å². The molecule has 0 bridgehead atoms. The molecule has 126 valence electrons. The Balaban J connectivity index is 0.00000441. The minimum Gasteiger partial charge on any atom is -0.385 e. The Morgan fingerprint density at radius 3 is 2.36 bits per heavy atom. The van der Waals surface area contributed by atoms with Crippen LogP contribution in [0.1, 0.15) is 12.0 Å². The first kappa shape index (κ1) is 21.1. The van der Waals surface area contributed by atoms with Gasteiger partial charge in [0.25, 0.3) is 0 Å². The molecular weight excluding hydrogens is 417 g/mol. The lowest BCUT2D eigenvalue weighted by Gasteiger charge is -2.12. The monoisotopic (exact) mass is 441 g/mol. The number of sulfone groups is 1. The third-order valence-electron chi connectivity index (χ3n) is 2.85. The topological polar surface area (TPSA) is 79.8 Å². The van der Waals surface area contributed by atoms with E-state index in [1.807, 2.05) is 0 Å². The number of nitrogens with zero attached hydrogens (tertiary/aromatic N) is 1. The fraction of sp³-hybridized carbons (Fsp3) is 0.500. The standard InChI is InChI=1S/C14H23N3O3S.HI/c1-15-14(16-9-4-10-20-2)17-11-12-5-7-13(8-6-12)21(3,18)19;/h5-8H,4,9-11H2,1-3H3,(H2,15,16,17);1H. The molecule has 0 aliphatic carbocycles. The summed E-state index contributed by atoms with van der Waals surface area (Å²) in [5.74, 6) is 0.707. The van der Waals surface area contributed by atoms with Crippen LogP contribution in [0, 0.1) is 0 Å². The van der Waals surface area contributed by atoms with Crippen LogP contribution in [0.5, 0.6) is 0 Å². The smallest absolute Gasteiger partial charge is 0.191 e. The SMILES string of the molecule is CN=C(NCCCOC)NCc1ccc(S(C)(=O)=O)cc1.I. The lowest BCUT2D eigenvalue weighted by Crippen LogP contribution is -2.37. The first-order valence-electron chi connectivity index (χ1n) is 6.70. The van der Waals surface area contributed by atoms with Gasteiger partial charge in [0.1, 0.15) is 0 Å². The summed E-state index contributed by atoms with van der Waals surface area (Å²) < 4.78 is 27.7. The summed E-state index contributed by atoms with van der Waals surface area (Å²) in [6, 6.07) is 6.81. The van der Waals surface area contributed by atoms with Gasteiger partial charge in [-0.1, -0.05) is 12.1 Å². The van der Waals surface area contributed by atoms with Gasteiger partial charge in [-0.05, 0) is 24.1 Å². The Labute approximate surface area is 149 Å². The minimum absolute atomic E-state index is 0. The summed E-state index contributed by atoms with van der Waals surface area (Å²) >= 11 is 0. The van der Waals surface area contributed by atoms with Gasteiger partial charge in [-0.3, -0.25) is 4.99 Å². The Bertz CT molecular complexity index is 559. The van der Waals surface area contributed by atoms with Crippen LogP contribution >= 0.6 is 24.0 Å². The van der Waals surface area contributed by atoms with E-state index in [4.69, 9.17) is 4.74 Å². The van der Waals surface area contributed by atoms with Crippen molar-refractivity contribution < 1.29 is 13.2 Å². The van der Waals surface area contributed by atoms with E-state index in [1.54, 1.807) is 38.4 Å². The van der Waals surface area contributed by atoms with E-state index in [0.29, 0.717) is 24.0 Å². The van der Waals surface area contributed by atoms with Gasteiger partial charge in [-0.25, -0.2) is 8.42 Å². The Kier molecular flexibility index (Phi) is 10.4. The van der Waals surface area contributed by atoms with Gasteiger partial charge in [-0.2, -0.15) is 0 Å². The number of hydrogen-bond donors (Lipinski definition) is 2. The summed E-state index contributed by atoms with van der Waals surface area (Å²) in [5, 5.41) is 6.34. The molecular formula is C14H24IN3O3S. The highest BCUT2D eigenvalue weighted by Crippen LogP contribution is 2.09. The second kappa shape index (κ2) is 10.8. The molecule has 0 fully saturated rings. The lowest BCUT2D eigenvalue weighted by molar-refractivity contribution is 0.195. The van der Waals surface area contributed by atoms with E-state index in [2.05, 4.69) is 15.6 Å². The molecule has 0 unspecified atom stereocenters. The number of methoxy groups -OCH3 is 1. The zero-order valence-electron chi connectivity index (χ0n) is 13.1. The molecule has 0 atom stereocenters. The summed E-state index contributed by atoms with van der Waals surface area (Å²) in [7, 11) is 0.239. The van der Waals surface area contributed by atoms with E-state index in [-0.39, 0.29) is 24.0 Å². The zero-order chi connectivity index (χ0) is 15.7. The van der Waals surface area contributed by atoms with Gasteiger partial charge in [0.2, 0.25) is 0 Å². The number of ether oxygens (including phenoxy) is 1. The minimum atomic E-state index is -3.14. The van der Waals surface area contributed by atoms with Crippen molar-refractivity contribution >= 4 is 39.8 Å². The maximum atomic E-state index is 11.4. The van der Waals surface area contributed by atoms with E-state index in [0.717, 1.165) is 18.5 Å². The molecule has 1 aromatic rings. The van der Waals surface area contributed by atoms with Crippen LogP contribution in [-0.2, 0) is 21.1 Å². The second-order valence-electron chi connectivity index (χ2n) is 4.62. The second-order valence-corrected chi connectivity index (χ2v) is 6.63. The van der Waals surface area contributed by atoms with Gasteiger partial charge in [0.05, 0.1) is 4.90 Å². The van der Waals surface area contributed by atoms with E-state index >= 15 is 0 Å². The van der Waals surface area contributed by atoms with Crippen LogP contribution in [-0.4, -0.2) is 47.9 Å². The van der Waals surface area contributed by atoms with Gasteiger partial charge in [0, 0.05) is 40.1 Å². The molecule has 2 N–H and O–H groups in total. The van der Waals surface area contributed by atoms with Crippen molar-refractivity contribution in [1.82, 2.24) is 10.6 Å². The molecule has 0 spiro atoms. The quantitative estimate of drug-likeness (QED) is 0.290. The molecule has 6 nitrogen and oxygen atoms in total. The highest BCUT2D eigenvalue weighted by molar-refractivity contribution is 14.0. The van der Waals surface area contributed by atoms with Gasteiger partial charge in [0.15, 0.2) is 15.8 Å². The third-order valence-corrected chi connectivity index (χ3v) is 3.98. The molecule has 0 aromatic heterocycles. The van der Waals surface area contributed by atoms with Gasteiger partial charge in [-0.15, -0.1) is 24.0 Å². The van der Waals surface area contributed by atoms with Crippen molar-refractivity contribution in [3.8, 4) is 0 Å². The maximum absolute atomic E-state index is 11.4. The van der Waals surface area contributed by atoms with Crippen molar-refractivity contribution in [2.24, 2.45) is 4.99 Å². The van der Waals surface area contributed by atoms with Crippen molar-refractivity contribution in [3.63, 3.8) is 0 Å². The number of halogens is 1. The summed E-state index contributed by atoms with van der Waals surface area (Å²) in [6.45, 7) is 2.06. The lowest BCUT2D eigenvalue weighted by atomic mass is 10.2. The molecule has 1 rings (SSSR count). The highest BCUT2D eigenvalue weighted by atomic mass is 127. The van der Waals surface area contributed by atoms with Crippen LogP contribution in [0.3, 0.4) is 0 Å². The summed E-state index contributed by atoms with van der Waals surface area (Å²) in [5.41, 5.74) is 0.988. The molecule has 22 heavy (non-hydrogen) atoms. The van der Waals surface area contributed by atoms with Crippen LogP contribution in [0.25, 0.3) is 0 Å².